The highest BCUT2D eigenvalue weighted by Crippen LogP contribution is 2.35. The summed E-state index contributed by atoms with van der Waals surface area (Å²) in [4.78, 5) is 26.8. The number of hydrogen-bond acceptors (Lipinski definition) is 3. The molecule has 0 aromatic heterocycles. The van der Waals surface area contributed by atoms with Gasteiger partial charge in [0, 0.05) is 28.1 Å². The number of anilines is 2. The van der Waals surface area contributed by atoms with Crippen LogP contribution in [0.15, 0.2) is 34.8 Å². The fourth-order valence-electron chi connectivity index (χ4n) is 3.14. The lowest BCUT2D eigenvalue weighted by molar-refractivity contribution is -0.122. The third-order valence-electron chi connectivity index (χ3n) is 4.69. The molecule has 2 aromatic carbocycles. The topological polar surface area (TPSA) is 58.6 Å². The number of methoxy groups -OCH3 is 1. The molecule has 0 aliphatic carbocycles. The van der Waals surface area contributed by atoms with E-state index in [9.17, 15) is 9.59 Å². The van der Waals surface area contributed by atoms with Gasteiger partial charge in [0.15, 0.2) is 0 Å². The lowest BCUT2D eigenvalue weighted by atomic mass is 10.1. The van der Waals surface area contributed by atoms with Crippen molar-refractivity contribution < 1.29 is 14.3 Å². The lowest BCUT2D eigenvalue weighted by Gasteiger charge is -2.20. The molecule has 0 spiro atoms. The quantitative estimate of drug-likeness (QED) is 0.732. The fourth-order valence-corrected chi connectivity index (χ4v) is 3.76. The molecule has 3 rings (SSSR count). The molecular weight excluding hydrogens is 432 g/mol. The van der Waals surface area contributed by atoms with Gasteiger partial charge in [-0.15, -0.1) is 0 Å². The Morgan fingerprint density at radius 2 is 2.00 bits per heavy atom. The lowest BCUT2D eigenvalue weighted by Crippen LogP contribution is -2.28. The molecule has 142 valence electrons. The number of halogens is 2. The number of nitrogens with one attached hydrogen (secondary N) is 1. The van der Waals surface area contributed by atoms with Crippen molar-refractivity contribution in [2.24, 2.45) is 5.92 Å². The van der Waals surface area contributed by atoms with Crippen LogP contribution in [0.1, 0.15) is 17.5 Å². The van der Waals surface area contributed by atoms with Gasteiger partial charge in [0.25, 0.3) is 0 Å². The van der Waals surface area contributed by atoms with Gasteiger partial charge in [0.1, 0.15) is 5.75 Å². The molecule has 1 aliphatic rings. The normalized spacial score (nSPS) is 16.6. The second-order valence-electron chi connectivity index (χ2n) is 6.63. The van der Waals surface area contributed by atoms with Crippen LogP contribution in [0.3, 0.4) is 0 Å². The third-order valence-corrected chi connectivity index (χ3v) is 5.78. The predicted octanol–water partition coefficient (Wildman–Crippen LogP) is 4.72. The molecule has 0 saturated carbocycles. The van der Waals surface area contributed by atoms with E-state index >= 15 is 0 Å². The first-order valence-corrected chi connectivity index (χ1v) is 9.68. The highest BCUT2D eigenvalue weighted by molar-refractivity contribution is 9.10. The smallest absolute Gasteiger partial charge is 0.229 e. The largest absolute Gasteiger partial charge is 0.495 e. The Balaban J connectivity index is 1.79. The summed E-state index contributed by atoms with van der Waals surface area (Å²) in [6.07, 6.45) is 0.149. The van der Waals surface area contributed by atoms with Gasteiger partial charge in [-0.05, 0) is 55.3 Å². The van der Waals surface area contributed by atoms with Gasteiger partial charge in [-0.3, -0.25) is 9.59 Å². The number of hydrogen-bond donors (Lipinski definition) is 1. The van der Waals surface area contributed by atoms with Crippen molar-refractivity contribution in [3.8, 4) is 5.75 Å². The number of benzene rings is 2. The minimum Gasteiger partial charge on any atom is -0.495 e. The zero-order valence-electron chi connectivity index (χ0n) is 15.3. The van der Waals surface area contributed by atoms with E-state index < -0.39 is 5.92 Å². The van der Waals surface area contributed by atoms with Crippen LogP contribution in [0, 0.1) is 19.8 Å². The van der Waals surface area contributed by atoms with E-state index in [1.807, 2.05) is 26.0 Å². The maximum atomic E-state index is 12.7. The molecule has 1 atom stereocenters. The van der Waals surface area contributed by atoms with E-state index in [1.165, 1.54) is 7.11 Å². The van der Waals surface area contributed by atoms with Crippen molar-refractivity contribution >= 4 is 50.7 Å². The molecule has 0 bridgehead atoms. The maximum Gasteiger partial charge on any atom is 0.229 e. The Hall–Kier alpha value is -2.05. The van der Waals surface area contributed by atoms with Gasteiger partial charge in [0.2, 0.25) is 11.8 Å². The van der Waals surface area contributed by atoms with Crippen LogP contribution in [0.2, 0.25) is 5.02 Å². The van der Waals surface area contributed by atoms with Crippen molar-refractivity contribution in [3.05, 3.63) is 51.0 Å². The molecule has 1 saturated heterocycles. The van der Waals surface area contributed by atoms with E-state index in [1.54, 1.807) is 23.1 Å². The van der Waals surface area contributed by atoms with Crippen LogP contribution in [-0.4, -0.2) is 25.5 Å². The second-order valence-corrected chi connectivity index (χ2v) is 7.92. The van der Waals surface area contributed by atoms with Gasteiger partial charge >= 0.3 is 0 Å². The zero-order valence-corrected chi connectivity index (χ0v) is 17.6. The van der Waals surface area contributed by atoms with E-state index in [-0.39, 0.29) is 24.8 Å². The summed E-state index contributed by atoms with van der Waals surface area (Å²) >= 11 is 9.56. The van der Waals surface area contributed by atoms with Gasteiger partial charge in [0.05, 0.1) is 18.7 Å². The standard InChI is InChI=1S/C20H20BrClN2O3/c1-11-7-16(12(2)6-15(11)21)23-20(26)13-8-19(25)24(10-13)17-9-14(22)4-5-18(17)27-3/h4-7,9,13H,8,10H2,1-3H3,(H,23,26)/t13-/m0/s1. The zero-order chi connectivity index (χ0) is 19.7. The molecule has 0 unspecified atom stereocenters. The summed E-state index contributed by atoms with van der Waals surface area (Å²) in [6, 6.07) is 8.99. The average molecular weight is 452 g/mol. The molecule has 1 heterocycles. The summed E-state index contributed by atoms with van der Waals surface area (Å²) < 4.78 is 6.33. The van der Waals surface area contributed by atoms with Crippen molar-refractivity contribution in [3.63, 3.8) is 0 Å². The summed E-state index contributed by atoms with van der Waals surface area (Å²) in [5, 5.41) is 3.46. The molecule has 27 heavy (non-hydrogen) atoms. The van der Waals surface area contributed by atoms with Crippen molar-refractivity contribution in [2.75, 3.05) is 23.9 Å². The Kier molecular flexibility index (Phi) is 5.77. The van der Waals surface area contributed by atoms with E-state index in [4.69, 9.17) is 16.3 Å². The Labute approximate surface area is 171 Å². The minimum atomic E-state index is -0.440. The molecule has 0 radical (unpaired) electrons. The van der Waals surface area contributed by atoms with Crippen molar-refractivity contribution in [1.29, 1.82) is 0 Å². The summed E-state index contributed by atoms with van der Waals surface area (Å²) in [5.41, 5.74) is 3.33. The summed E-state index contributed by atoms with van der Waals surface area (Å²) in [6.45, 7) is 4.18. The van der Waals surface area contributed by atoms with Gasteiger partial charge in [-0.1, -0.05) is 27.5 Å². The van der Waals surface area contributed by atoms with Crippen LogP contribution in [0.25, 0.3) is 0 Å². The molecule has 7 heteroatoms. The molecule has 5 nitrogen and oxygen atoms in total. The van der Waals surface area contributed by atoms with Gasteiger partial charge < -0.3 is 15.0 Å². The number of nitrogens with zero attached hydrogens (tertiary/aromatic N) is 1. The van der Waals surface area contributed by atoms with Crippen LogP contribution in [-0.2, 0) is 9.59 Å². The van der Waals surface area contributed by atoms with E-state index in [2.05, 4.69) is 21.2 Å². The fraction of sp³-hybridized carbons (Fsp3) is 0.300. The first-order valence-electron chi connectivity index (χ1n) is 8.51. The third kappa shape index (κ3) is 4.12. The number of aryl methyl sites for hydroxylation is 2. The monoisotopic (exact) mass is 450 g/mol. The van der Waals surface area contributed by atoms with Crippen molar-refractivity contribution in [1.82, 2.24) is 0 Å². The number of amides is 2. The summed E-state index contributed by atoms with van der Waals surface area (Å²) in [5.74, 6) is -0.186. The molecular formula is C20H20BrClN2O3. The molecule has 1 aliphatic heterocycles. The van der Waals surface area contributed by atoms with E-state index in [0.29, 0.717) is 16.5 Å². The molecule has 2 amide bonds. The minimum absolute atomic E-state index is 0.126. The van der Waals surface area contributed by atoms with Crippen LogP contribution in [0.5, 0.6) is 5.75 Å². The molecule has 2 aromatic rings. The van der Waals surface area contributed by atoms with Crippen molar-refractivity contribution in [2.45, 2.75) is 20.3 Å². The van der Waals surface area contributed by atoms with Gasteiger partial charge in [-0.2, -0.15) is 0 Å². The SMILES string of the molecule is COc1ccc(Cl)cc1N1C[C@@H](C(=O)Nc2cc(C)c(Br)cc2C)CC1=O. The summed E-state index contributed by atoms with van der Waals surface area (Å²) in [7, 11) is 1.54. The Morgan fingerprint density at radius 3 is 2.70 bits per heavy atom. The number of rotatable bonds is 4. The highest BCUT2D eigenvalue weighted by Gasteiger charge is 2.36. The first-order chi connectivity index (χ1) is 12.8. The second kappa shape index (κ2) is 7.90. The van der Waals surface area contributed by atoms with Crippen LogP contribution in [0.4, 0.5) is 11.4 Å². The predicted molar refractivity (Wildman–Crippen MR) is 111 cm³/mol. The van der Waals surface area contributed by atoms with Crippen LogP contribution >= 0.6 is 27.5 Å². The van der Waals surface area contributed by atoms with Crippen LogP contribution < -0.4 is 15.0 Å². The van der Waals surface area contributed by atoms with E-state index in [0.717, 1.165) is 21.3 Å². The Bertz CT molecular complexity index is 916. The van der Waals surface area contributed by atoms with Gasteiger partial charge in [-0.25, -0.2) is 0 Å². The number of carbonyl (C=O) groups is 2. The number of ether oxygens (including phenoxy) is 1. The Morgan fingerprint density at radius 1 is 1.26 bits per heavy atom. The first kappa shape index (κ1) is 19.7. The average Bonchev–Trinajstić information content (AvgIpc) is 3.01. The number of carbonyl (C=O) groups excluding carboxylic acids is 2. The highest BCUT2D eigenvalue weighted by atomic mass is 79.9. The maximum absolute atomic E-state index is 12.7. The molecule has 1 fully saturated rings. The molecule has 1 N–H and O–H groups in total.